The van der Waals surface area contributed by atoms with Crippen LogP contribution in [0.3, 0.4) is 0 Å². The summed E-state index contributed by atoms with van der Waals surface area (Å²) in [5.41, 5.74) is 0.732. The molecule has 1 aromatic rings. The second-order valence-corrected chi connectivity index (χ2v) is 3.14. The van der Waals surface area contributed by atoms with Crippen LogP contribution in [0, 0.1) is 5.92 Å². The molecule has 0 amide bonds. The standard InChI is InChI=1S/C10H15NO/c1-3-5-8(2)10(12)9-6-4-7-11-9/h4,6-8,11H,3,5H2,1-2H3. The van der Waals surface area contributed by atoms with Gasteiger partial charge in [0.1, 0.15) is 0 Å². The van der Waals surface area contributed by atoms with E-state index in [1.165, 1.54) is 0 Å². The van der Waals surface area contributed by atoms with Crippen LogP contribution in [-0.4, -0.2) is 10.8 Å². The maximum atomic E-state index is 11.6. The van der Waals surface area contributed by atoms with Crippen molar-refractivity contribution in [2.24, 2.45) is 5.92 Å². The largest absolute Gasteiger partial charge is 0.359 e. The van der Waals surface area contributed by atoms with Gasteiger partial charge in [0.15, 0.2) is 5.78 Å². The third kappa shape index (κ3) is 1.97. The number of aromatic nitrogens is 1. The van der Waals surface area contributed by atoms with Gasteiger partial charge in [0.25, 0.3) is 0 Å². The van der Waals surface area contributed by atoms with E-state index >= 15 is 0 Å². The van der Waals surface area contributed by atoms with Crippen LogP contribution in [0.1, 0.15) is 37.2 Å². The van der Waals surface area contributed by atoms with Crippen LogP contribution in [0.2, 0.25) is 0 Å². The Balaban J connectivity index is 2.59. The van der Waals surface area contributed by atoms with Crippen LogP contribution in [0.5, 0.6) is 0 Å². The Labute approximate surface area is 73.0 Å². The van der Waals surface area contributed by atoms with Crippen LogP contribution in [0.4, 0.5) is 0 Å². The predicted molar refractivity (Wildman–Crippen MR) is 49.2 cm³/mol. The fourth-order valence-corrected chi connectivity index (χ4v) is 1.31. The molecule has 0 aliphatic carbocycles. The van der Waals surface area contributed by atoms with Crippen LogP contribution in [-0.2, 0) is 0 Å². The molecule has 1 rings (SSSR count). The zero-order chi connectivity index (χ0) is 8.97. The summed E-state index contributed by atoms with van der Waals surface area (Å²) in [6.07, 6.45) is 3.82. The third-order valence-corrected chi connectivity index (χ3v) is 2.03. The molecule has 0 aliphatic heterocycles. The van der Waals surface area contributed by atoms with Gasteiger partial charge < -0.3 is 4.98 Å². The van der Waals surface area contributed by atoms with Crippen molar-refractivity contribution in [3.05, 3.63) is 24.0 Å². The van der Waals surface area contributed by atoms with E-state index in [0.29, 0.717) is 0 Å². The lowest BCUT2D eigenvalue weighted by Crippen LogP contribution is -2.11. The Morgan fingerprint density at radius 1 is 1.67 bits per heavy atom. The first-order valence-electron chi connectivity index (χ1n) is 4.43. The summed E-state index contributed by atoms with van der Waals surface area (Å²) in [4.78, 5) is 14.5. The number of Topliss-reactive ketones (excluding diaryl/α,β-unsaturated/α-hetero) is 1. The highest BCUT2D eigenvalue weighted by Gasteiger charge is 2.13. The average Bonchev–Trinajstić information content (AvgIpc) is 2.55. The van der Waals surface area contributed by atoms with Gasteiger partial charge in [-0.3, -0.25) is 4.79 Å². The molecule has 66 valence electrons. The third-order valence-electron chi connectivity index (χ3n) is 2.03. The number of hydrogen-bond acceptors (Lipinski definition) is 1. The summed E-state index contributed by atoms with van der Waals surface area (Å²) in [5, 5.41) is 0. The highest BCUT2D eigenvalue weighted by Crippen LogP contribution is 2.11. The van der Waals surface area contributed by atoms with Gasteiger partial charge in [0, 0.05) is 12.1 Å². The fraction of sp³-hybridized carbons (Fsp3) is 0.500. The number of hydrogen-bond donors (Lipinski definition) is 1. The van der Waals surface area contributed by atoms with Gasteiger partial charge in [-0.05, 0) is 18.6 Å². The van der Waals surface area contributed by atoms with Crippen molar-refractivity contribution in [1.29, 1.82) is 0 Å². The second kappa shape index (κ2) is 4.10. The molecule has 0 aliphatic rings. The SMILES string of the molecule is CCCC(C)C(=O)c1ccc[nH]1. The first-order chi connectivity index (χ1) is 5.75. The van der Waals surface area contributed by atoms with E-state index in [4.69, 9.17) is 0 Å². The highest BCUT2D eigenvalue weighted by atomic mass is 16.1. The van der Waals surface area contributed by atoms with Crippen LogP contribution < -0.4 is 0 Å². The Kier molecular flexibility index (Phi) is 3.09. The Morgan fingerprint density at radius 2 is 2.42 bits per heavy atom. The molecule has 0 fully saturated rings. The van der Waals surface area contributed by atoms with Crippen LogP contribution in [0.15, 0.2) is 18.3 Å². The molecule has 0 aromatic carbocycles. The van der Waals surface area contributed by atoms with Crippen molar-refractivity contribution in [2.75, 3.05) is 0 Å². The van der Waals surface area contributed by atoms with Gasteiger partial charge in [0.2, 0.25) is 0 Å². The van der Waals surface area contributed by atoms with Crippen molar-refractivity contribution < 1.29 is 4.79 Å². The van der Waals surface area contributed by atoms with Crippen LogP contribution >= 0.6 is 0 Å². The van der Waals surface area contributed by atoms with E-state index in [2.05, 4.69) is 11.9 Å². The minimum atomic E-state index is 0.147. The van der Waals surface area contributed by atoms with Crippen molar-refractivity contribution in [2.45, 2.75) is 26.7 Å². The summed E-state index contributed by atoms with van der Waals surface area (Å²) >= 11 is 0. The molecule has 1 aromatic heterocycles. The average molecular weight is 165 g/mol. The van der Waals surface area contributed by atoms with Crippen LogP contribution in [0.25, 0.3) is 0 Å². The summed E-state index contributed by atoms with van der Waals surface area (Å²) in [6.45, 7) is 4.07. The summed E-state index contributed by atoms with van der Waals surface area (Å²) in [7, 11) is 0. The number of nitrogens with one attached hydrogen (secondary N) is 1. The number of rotatable bonds is 4. The monoisotopic (exact) mass is 165 g/mol. The van der Waals surface area contributed by atoms with Gasteiger partial charge in [-0.2, -0.15) is 0 Å². The number of carbonyl (C=O) groups excluding carboxylic acids is 1. The molecular weight excluding hydrogens is 150 g/mol. The van der Waals surface area contributed by atoms with Gasteiger partial charge in [-0.1, -0.05) is 20.3 Å². The molecule has 0 radical (unpaired) electrons. The van der Waals surface area contributed by atoms with E-state index in [9.17, 15) is 4.79 Å². The molecule has 0 bridgehead atoms. The molecule has 0 saturated carbocycles. The highest BCUT2D eigenvalue weighted by molar-refractivity contribution is 5.95. The van der Waals surface area contributed by atoms with Crippen molar-refractivity contribution >= 4 is 5.78 Å². The molecule has 2 nitrogen and oxygen atoms in total. The predicted octanol–water partition coefficient (Wildman–Crippen LogP) is 2.63. The Bertz CT molecular complexity index is 238. The van der Waals surface area contributed by atoms with Crippen molar-refractivity contribution in [3.8, 4) is 0 Å². The number of H-pyrrole nitrogens is 1. The summed E-state index contributed by atoms with van der Waals surface area (Å²) in [5.74, 6) is 0.371. The molecule has 2 heteroatoms. The lowest BCUT2D eigenvalue weighted by molar-refractivity contribution is 0.0919. The fourth-order valence-electron chi connectivity index (χ4n) is 1.31. The number of aromatic amines is 1. The molecule has 1 heterocycles. The van der Waals surface area contributed by atoms with E-state index < -0.39 is 0 Å². The lowest BCUT2D eigenvalue weighted by atomic mass is 9.99. The maximum Gasteiger partial charge on any atom is 0.181 e. The lowest BCUT2D eigenvalue weighted by Gasteiger charge is -2.06. The van der Waals surface area contributed by atoms with E-state index in [1.807, 2.05) is 19.1 Å². The van der Waals surface area contributed by atoms with Gasteiger partial charge >= 0.3 is 0 Å². The first-order valence-corrected chi connectivity index (χ1v) is 4.43. The molecule has 1 atom stereocenters. The van der Waals surface area contributed by atoms with E-state index in [0.717, 1.165) is 18.5 Å². The Hall–Kier alpha value is -1.05. The second-order valence-electron chi connectivity index (χ2n) is 3.14. The molecule has 1 unspecified atom stereocenters. The minimum absolute atomic E-state index is 0.147. The summed E-state index contributed by atoms with van der Waals surface area (Å²) < 4.78 is 0. The Morgan fingerprint density at radius 3 is 2.92 bits per heavy atom. The molecule has 0 saturated heterocycles. The van der Waals surface area contributed by atoms with Gasteiger partial charge in [0.05, 0.1) is 5.69 Å². The molecular formula is C10H15NO. The van der Waals surface area contributed by atoms with Crippen molar-refractivity contribution in [3.63, 3.8) is 0 Å². The zero-order valence-electron chi connectivity index (χ0n) is 7.63. The normalized spacial score (nSPS) is 12.8. The first kappa shape index (κ1) is 9.04. The number of carbonyl (C=O) groups is 1. The van der Waals surface area contributed by atoms with E-state index in [-0.39, 0.29) is 11.7 Å². The van der Waals surface area contributed by atoms with Crippen molar-refractivity contribution in [1.82, 2.24) is 4.98 Å². The van der Waals surface area contributed by atoms with Gasteiger partial charge in [-0.25, -0.2) is 0 Å². The molecule has 1 N–H and O–H groups in total. The summed E-state index contributed by atoms with van der Waals surface area (Å²) in [6, 6.07) is 3.68. The molecule has 0 spiro atoms. The quantitative estimate of drug-likeness (QED) is 0.683. The smallest absolute Gasteiger partial charge is 0.181 e. The zero-order valence-corrected chi connectivity index (χ0v) is 7.63. The molecule has 12 heavy (non-hydrogen) atoms. The minimum Gasteiger partial charge on any atom is -0.359 e. The van der Waals surface area contributed by atoms with E-state index in [1.54, 1.807) is 6.20 Å². The topological polar surface area (TPSA) is 32.9 Å². The number of ketones is 1. The van der Waals surface area contributed by atoms with Gasteiger partial charge in [-0.15, -0.1) is 0 Å². The maximum absolute atomic E-state index is 11.6.